The molecule has 2 aliphatic heterocycles. The summed E-state index contributed by atoms with van der Waals surface area (Å²) in [6, 6.07) is 2.85. The Morgan fingerprint density at radius 1 is 1.33 bits per heavy atom. The average Bonchev–Trinajstić information content (AvgIpc) is 2.61. The molecule has 2 bridgehead atoms. The number of anilines is 1. The Morgan fingerprint density at radius 2 is 2.00 bits per heavy atom. The lowest BCUT2D eigenvalue weighted by molar-refractivity contribution is 0.126. The van der Waals surface area contributed by atoms with Gasteiger partial charge < -0.3 is 15.7 Å². The van der Waals surface area contributed by atoms with E-state index in [1.54, 1.807) is 0 Å². The molecule has 18 heavy (non-hydrogen) atoms. The van der Waals surface area contributed by atoms with E-state index >= 15 is 0 Å². The molecule has 3 heterocycles. The Labute approximate surface area is 107 Å². The molecular weight excluding hydrogens is 228 g/mol. The van der Waals surface area contributed by atoms with Crippen LogP contribution in [-0.4, -0.2) is 33.3 Å². The Bertz CT molecular complexity index is 437. The van der Waals surface area contributed by atoms with Crippen LogP contribution in [0.15, 0.2) is 6.07 Å². The van der Waals surface area contributed by atoms with Gasteiger partial charge in [-0.1, -0.05) is 0 Å². The monoisotopic (exact) mass is 248 g/mol. The SMILES string of the molecule is Cc1nc(CN)cc(N2[C@@H]3CC[C@H]2CC(O)C3)n1. The summed E-state index contributed by atoms with van der Waals surface area (Å²) in [5.74, 6) is 1.76. The number of aryl methyl sites for hydroxylation is 1. The molecule has 0 spiro atoms. The molecule has 5 heteroatoms. The van der Waals surface area contributed by atoms with Crippen LogP contribution in [0.2, 0.25) is 0 Å². The van der Waals surface area contributed by atoms with Gasteiger partial charge in [0.2, 0.25) is 0 Å². The molecular formula is C13H20N4O. The van der Waals surface area contributed by atoms with Crippen molar-refractivity contribution in [3.63, 3.8) is 0 Å². The van der Waals surface area contributed by atoms with Crippen molar-refractivity contribution in [2.45, 2.75) is 57.3 Å². The number of nitrogens with two attached hydrogens (primary N) is 1. The largest absolute Gasteiger partial charge is 0.393 e. The van der Waals surface area contributed by atoms with Gasteiger partial charge in [-0.2, -0.15) is 0 Å². The van der Waals surface area contributed by atoms with Gasteiger partial charge in [0.05, 0.1) is 11.8 Å². The summed E-state index contributed by atoms with van der Waals surface area (Å²) in [4.78, 5) is 11.2. The molecule has 1 unspecified atom stereocenters. The summed E-state index contributed by atoms with van der Waals surface area (Å²) < 4.78 is 0. The maximum absolute atomic E-state index is 9.83. The van der Waals surface area contributed by atoms with Gasteiger partial charge in [0, 0.05) is 24.7 Å². The number of piperidine rings is 1. The number of aromatic nitrogens is 2. The van der Waals surface area contributed by atoms with Gasteiger partial charge in [0.1, 0.15) is 11.6 Å². The second-order valence-electron chi connectivity index (χ2n) is 5.39. The van der Waals surface area contributed by atoms with Crippen molar-refractivity contribution in [1.29, 1.82) is 0 Å². The standard InChI is InChI=1S/C13H20N4O/c1-8-15-9(7-14)4-13(16-8)17-10-2-3-11(17)6-12(18)5-10/h4,10-12,18H,2-3,5-7,14H2,1H3/t10-,11+,12?. The minimum Gasteiger partial charge on any atom is -0.393 e. The van der Waals surface area contributed by atoms with Gasteiger partial charge in [-0.3, -0.25) is 0 Å². The maximum atomic E-state index is 9.83. The summed E-state index contributed by atoms with van der Waals surface area (Å²) in [5, 5.41) is 9.83. The van der Waals surface area contributed by atoms with Crippen LogP contribution in [0.4, 0.5) is 5.82 Å². The highest BCUT2D eigenvalue weighted by molar-refractivity contribution is 5.45. The minimum absolute atomic E-state index is 0.143. The number of nitrogens with zero attached hydrogens (tertiary/aromatic N) is 3. The van der Waals surface area contributed by atoms with Crippen molar-refractivity contribution in [3.05, 3.63) is 17.6 Å². The highest BCUT2D eigenvalue weighted by atomic mass is 16.3. The van der Waals surface area contributed by atoms with Crippen LogP contribution in [0.25, 0.3) is 0 Å². The third-order valence-electron chi connectivity index (χ3n) is 4.06. The highest BCUT2D eigenvalue weighted by Crippen LogP contribution is 2.38. The van der Waals surface area contributed by atoms with Crippen LogP contribution in [-0.2, 0) is 6.54 Å². The quantitative estimate of drug-likeness (QED) is 0.807. The lowest BCUT2D eigenvalue weighted by Gasteiger charge is -2.38. The first kappa shape index (κ1) is 11.9. The lowest BCUT2D eigenvalue weighted by atomic mass is 10.00. The number of rotatable bonds is 2. The first-order chi connectivity index (χ1) is 8.67. The summed E-state index contributed by atoms with van der Waals surface area (Å²) in [7, 11) is 0. The van der Waals surface area contributed by atoms with Gasteiger partial charge >= 0.3 is 0 Å². The van der Waals surface area contributed by atoms with Crippen LogP contribution >= 0.6 is 0 Å². The van der Waals surface area contributed by atoms with Gasteiger partial charge in [0.25, 0.3) is 0 Å². The zero-order chi connectivity index (χ0) is 12.7. The fourth-order valence-electron chi connectivity index (χ4n) is 3.37. The van der Waals surface area contributed by atoms with Crippen molar-refractivity contribution in [1.82, 2.24) is 9.97 Å². The Kier molecular flexibility index (Phi) is 2.95. The van der Waals surface area contributed by atoms with Crippen LogP contribution in [0.5, 0.6) is 0 Å². The zero-order valence-corrected chi connectivity index (χ0v) is 10.7. The van der Waals surface area contributed by atoms with Crippen LogP contribution in [0.3, 0.4) is 0 Å². The molecule has 98 valence electrons. The molecule has 0 radical (unpaired) electrons. The van der Waals surface area contributed by atoms with E-state index in [2.05, 4.69) is 14.9 Å². The van der Waals surface area contributed by atoms with E-state index in [-0.39, 0.29) is 6.10 Å². The van der Waals surface area contributed by atoms with E-state index in [1.807, 2.05) is 13.0 Å². The van der Waals surface area contributed by atoms with Crippen LogP contribution in [0.1, 0.15) is 37.2 Å². The average molecular weight is 248 g/mol. The van der Waals surface area contributed by atoms with Gasteiger partial charge in [-0.25, -0.2) is 9.97 Å². The van der Waals surface area contributed by atoms with Crippen molar-refractivity contribution in [3.8, 4) is 0 Å². The van der Waals surface area contributed by atoms with Gasteiger partial charge in [-0.05, 0) is 32.6 Å². The number of hydrogen-bond donors (Lipinski definition) is 2. The second-order valence-corrected chi connectivity index (χ2v) is 5.39. The van der Waals surface area contributed by atoms with E-state index in [0.29, 0.717) is 18.6 Å². The first-order valence-electron chi connectivity index (χ1n) is 6.68. The molecule has 0 aliphatic carbocycles. The van der Waals surface area contributed by atoms with E-state index in [1.165, 1.54) is 0 Å². The highest BCUT2D eigenvalue weighted by Gasteiger charge is 2.40. The predicted octanol–water partition coefficient (Wildman–Crippen LogP) is 0.736. The van der Waals surface area contributed by atoms with Crippen molar-refractivity contribution < 1.29 is 5.11 Å². The lowest BCUT2D eigenvalue weighted by Crippen LogP contribution is -2.45. The van der Waals surface area contributed by atoms with Crippen molar-refractivity contribution in [2.24, 2.45) is 5.73 Å². The number of aliphatic hydroxyl groups excluding tert-OH is 1. The summed E-state index contributed by atoms with van der Waals surface area (Å²) in [6.45, 7) is 2.35. The second kappa shape index (κ2) is 4.48. The minimum atomic E-state index is -0.143. The van der Waals surface area contributed by atoms with Crippen LogP contribution in [0, 0.1) is 6.92 Å². The molecule has 2 aliphatic rings. The number of aliphatic hydroxyl groups is 1. The van der Waals surface area contributed by atoms with E-state index in [4.69, 9.17) is 5.73 Å². The predicted molar refractivity (Wildman–Crippen MR) is 69.2 cm³/mol. The summed E-state index contributed by atoms with van der Waals surface area (Å²) in [6.07, 6.45) is 3.89. The Hall–Kier alpha value is -1.20. The molecule has 5 nitrogen and oxygen atoms in total. The zero-order valence-electron chi connectivity index (χ0n) is 10.7. The molecule has 3 atom stereocenters. The van der Waals surface area contributed by atoms with Crippen molar-refractivity contribution in [2.75, 3.05) is 4.90 Å². The van der Waals surface area contributed by atoms with E-state index in [9.17, 15) is 5.11 Å². The van der Waals surface area contributed by atoms with Crippen LogP contribution < -0.4 is 10.6 Å². The molecule has 1 aromatic heterocycles. The van der Waals surface area contributed by atoms with Gasteiger partial charge in [-0.15, -0.1) is 0 Å². The summed E-state index contributed by atoms with van der Waals surface area (Å²) >= 11 is 0. The molecule has 3 N–H and O–H groups in total. The normalized spacial score (nSPS) is 30.8. The molecule has 0 aromatic carbocycles. The summed E-state index contributed by atoms with van der Waals surface area (Å²) in [5.41, 5.74) is 6.57. The number of hydrogen-bond acceptors (Lipinski definition) is 5. The van der Waals surface area contributed by atoms with Gasteiger partial charge in [0.15, 0.2) is 0 Å². The molecule has 1 aromatic rings. The third kappa shape index (κ3) is 1.97. The third-order valence-corrected chi connectivity index (χ3v) is 4.06. The number of fused-ring (bicyclic) bond motifs is 2. The topological polar surface area (TPSA) is 75.3 Å². The first-order valence-corrected chi connectivity index (χ1v) is 6.68. The maximum Gasteiger partial charge on any atom is 0.133 e. The molecule has 2 saturated heterocycles. The molecule has 0 saturated carbocycles. The Balaban J connectivity index is 1.93. The molecule has 2 fully saturated rings. The smallest absolute Gasteiger partial charge is 0.133 e. The molecule has 0 amide bonds. The fraction of sp³-hybridized carbons (Fsp3) is 0.692. The van der Waals surface area contributed by atoms with E-state index in [0.717, 1.165) is 43.0 Å². The molecule has 3 rings (SSSR count). The fourth-order valence-corrected chi connectivity index (χ4v) is 3.37. The van der Waals surface area contributed by atoms with E-state index < -0.39 is 0 Å². The Morgan fingerprint density at radius 3 is 2.61 bits per heavy atom. The van der Waals surface area contributed by atoms with Crippen molar-refractivity contribution >= 4 is 5.82 Å².